The average molecular weight is 223 g/mol. The summed E-state index contributed by atoms with van der Waals surface area (Å²) >= 11 is 0. The van der Waals surface area contributed by atoms with E-state index < -0.39 is 0 Å². The van der Waals surface area contributed by atoms with Crippen LogP contribution in [0.1, 0.15) is 18.9 Å². The summed E-state index contributed by atoms with van der Waals surface area (Å²) in [5.74, 6) is 0.493. The topological polar surface area (TPSA) is 70.3 Å². The second-order valence-corrected chi connectivity index (χ2v) is 3.44. The van der Waals surface area contributed by atoms with Gasteiger partial charge in [-0.1, -0.05) is 12.2 Å². The monoisotopic (exact) mass is 223 g/mol. The maximum absolute atomic E-state index is 5.64. The molecule has 1 aromatic heterocycles. The van der Waals surface area contributed by atoms with Gasteiger partial charge in [0.25, 0.3) is 0 Å². The summed E-state index contributed by atoms with van der Waals surface area (Å²) in [7, 11) is 3.07. The minimum Gasteiger partial charge on any atom is -0.480 e. The number of nitrogens with zero attached hydrogens (tertiary/aromatic N) is 2. The maximum Gasteiger partial charge on any atom is 0.319 e. The van der Waals surface area contributed by atoms with Crippen LogP contribution in [0.4, 0.5) is 0 Å². The molecule has 1 rings (SSSR count). The molecule has 0 unspecified atom stereocenters. The van der Waals surface area contributed by atoms with Crippen molar-refractivity contribution in [2.75, 3.05) is 14.2 Å². The lowest BCUT2D eigenvalue weighted by atomic mass is 10.2. The molecule has 0 aliphatic carbocycles. The lowest BCUT2D eigenvalue weighted by Crippen LogP contribution is -2.12. The van der Waals surface area contributed by atoms with Crippen molar-refractivity contribution < 1.29 is 9.47 Å². The van der Waals surface area contributed by atoms with Gasteiger partial charge in [-0.15, -0.1) is 0 Å². The standard InChI is InChI=1S/C11H17N3O2/c1-8(12)5-4-6-9-7-13-11(16-3)14-10(9)15-2/h4,6-8H,5,12H2,1-3H3/t8-/m0/s1. The van der Waals surface area contributed by atoms with Crippen LogP contribution >= 0.6 is 0 Å². The van der Waals surface area contributed by atoms with Crippen molar-refractivity contribution in [1.82, 2.24) is 9.97 Å². The summed E-state index contributed by atoms with van der Waals surface area (Å²) in [6.07, 6.45) is 6.32. The van der Waals surface area contributed by atoms with E-state index in [0.29, 0.717) is 11.9 Å². The number of ether oxygens (including phenoxy) is 2. The first-order valence-electron chi connectivity index (χ1n) is 5.04. The van der Waals surface area contributed by atoms with Gasteiger partial charge in [0.2, 0.25) is 5.88 Å². The fourth-order valence-corrected chi connectivity index (χ4v) is 1.15. The first kappa shape index (κ1) is 12.4. The van der Waals surface area contributed by atoms with Crippen LogP contribution in [0.15, 0.2) is 12.3 Å². The molecule has 1 heterocycles. The van der Waals surface area contributed by atoms with Crippen LogP contribution in [0.5, 0.6) is 11.9 Å². The second kappa shape index (κ2) is 6.07. The molecule has 0 spiro atoms. The fourth-order valence-electron chi connectivity index (χ4n) is 1.15. The van der Waals surface area contributed by atoms with Gasteiger partial charge in [-0.05, 0) is 13.3 Å². The van der Waals surface area contributed by atoms with Crippen molar-refractivity contribution in [1.29, 1.82) is 0 Å². The molecule has 0 aliphatic rings. The van der Waals surface area contributed by atoms with Crippen LogP contribution in [0.2, 0.25) is 0 Å². The molecular weight excluding hydrogens is 206 g/mol. The minimum absolute atomic E-state index is 0.140. The number of methoxy groups -OCH3 is 2. The van der Waals surface area contributed by atoms with E-state index in [1.54, 1.807) is 13.3 Å². The minimum atomic E-state index is 0.140. The predicted molar refractivity (Wildman–Crippen MR) is 62.4 cm³/mol. The average Bonchev–Trinajstić information content (AvgIpc) is 2.29. The summed E-state index contributed by atoms with van der Waals surface area (Å²) in [4.78, 5) is 8.08. The van der Waals surface area contributed by atoms with Gasteiger partial charge in [-0.2, -0.15) is 4.98 Å². The van der Waals surface area contributed by atoms with Crippen molar-refractivity contribution in [2.45, 2.75) is 19.4 Å². The molecule has 88 valence electrons. The van der Waals surface area contributed by atoms with Crippen LogP contribution in [-0.2, 0) is 0 Å². The van der Waals surface area contributed by atoms with E-state index >= 15 is 0 Å². The van der Waals surface area contributed by atoms with E-state index in [4.69, 9.17) is 15.2 Å². The Labute approximate surface area is 95.3 Å². The molecule has 0 bridgehead atoms. The number of hydrogen-bond acceptors (Lipinski definition) is 5. The molecule has 1 atom stereocenters. The summed E-state index contributed by atoms with van der Waals surface area (Å²) in [6.45, 7) is 1.95. The maximum atomic E-state index is 5.64. The molecule has 5 nitrogen and oxygen atoms in total. The Balaban J connectivity index is 2.83. The third-order valence-electron chi connectivity index (χ3n) is 1.94. The zero-order chi connectivity index (χ0) is 12.0. The smallest absolute Gasteiger partial charge is 0.319 e. The quantitative estimate of drug-likeness (QED) is 0.813. The van der Waals surface area contributed by atoms with Gasteiger partial charge in [-0.25, -0.2) is 4.98 Å². The van der Waals surface area contributed by atoms with Crippen LogP contribution in [0.25, 0.3) is 6.08 Å². The van der Waals surface area contributed by atoms with Gasteiger partial charge < -0.3 is 15.2 Å². The van der Waals surface area contributed by atoms with Crippen molar-refractivity contribution in [2.24, 2.45) is 5.73 Å². The number of rotatable bonds is 5. The van der Waals surface area contributed by atoms with Gasteiger partial charge in [0, 0.05) is 12.2 Å². The van der Waals surface area contributed by atoms with Crippen LogP contribution in [0.3, 0.4) is 0 Å². The molecule has 2 N–H and O–H groups in total. The van der Waals surface area contributed by atoms with E-state index in [9.17, 15) is 0 Å². The van der Waals surface area contributed by atoms with Crippen molar-refractivity contribution in [3.63, 3.8) is 0 Å². The lowest BCUT2D eigenvalue weighted by Gasteiger charge is -2.05. The van der Waals surface area contributed by atoms with Crippen LogP contribution in [-0.4, -0.2) is 30.2 Å². The molecule has 5 heteroatoms. The Hall–Kier alpha value is -1.62. The zero-order valence-electron chi connectivity index (χ0n) is 9.80. The molecule has 0 aliphatic heterocycles. The fraction of sp³-hybridized carbons (Fsp3) is 0.455. The van der Waals surface area contributed by atoms with Crippen molar-refractivity contribution in [3.05, 3.63) is 17.8 Å². The van der Waals surface area contributed by atoms with Gasteiger partial charge in [0.05, 0.1) is 19.8 Å². The number of aromatic nitrogens is 2. The first-order chi connectivity index (χ1) is 7.67. The third-order valence-corrected chi connectivity index (χ3v) is 1.94. The van der Waals surface area contributed by atoms with Gasteiger partial charge in [0.15, 0.2) is 0 Å². The summed E-state index contributed by atoms with van der Waals surface area (Å²) in [6, 6.07) is 0.433. The summed E-state index contributed by atoms with van der Waals surface area (Å²) in [5, 5.41) is 0. The van der Waals surface area contributed by atoms with Crippen molar-refractivity contribution in [3.8, 4) is 11.9 Å². The molecule has 0 fully saturated rings. The van der Waals surface area contributed by atoms with E-state index in [1.807, 2.05) is 19.1 Å². The van der Waals surface area contributed by atoms with E-state index in [-0.39, 0.29) is 6.04 Å². The second-order valence-electron chi connectivity index (χ2n) is 3.44. The van der Waals surface area contributed by atoms with E-state index in [2.05, 4.69) is 9.97 Å². The Kier molecular flexibility index (Phi) is 4.72. The van der Waals surface area contributed by atoms with Gasteiger partial charge in [-0.3, -0.25) is 0 Å². The Morgan fingerprint density at radius 2 is 2.19 bits per heavy atom. The summed E-state index contributed by atoms with van der Waals surface area (Å²) in [5.41, 5.74) is 6.45. The highest BCUT2D eigenvalue weighted by Gasteiger charge is 2.04. The van der Waals surface area contributed by atoms with E-state index in [0.717, 1.165) is 12.0 Å². The first-order valence-corrected chi connectivity index (χ1v) is 5.04. The highest BCUT2D eigenvalue weighted by Crippen LogP contribution is 2.18. The Bertz CT molecular complexity index is 364. The van der Waals surface area contributed by atoms with Crippen molar-refractivity contribution >= 4 is 6.08 Å². The Morgan fingerprint density at radius 3 is 2.75 bits per heavy atom. The van der Waals surface area contributed by atoms with Gasteiger partial charge in [0.1, 0.15) is 0 Å². The molecule has 0 saturated carbocycles. The molecule has 0 saturated heterocycles. The molecule has 0 radical (unpaired) electrons. The number of nitrogens with two attached hydrogens (primary N) is 1. The molecule has 0 aromatic carbocycles. The third kappa shape index (κ3) is 3.51. The largest absolute Gasteiger partial charge is 0.480 e. The number of hydrogen-bond donors (Lipinski definition) is 1. The highest BCUT2D eigenvalue weighted by molar-refractivity contribution is 5.53. The van der Waals surface area contributed by atoms with Gasteiger partial charge >= 0.3 is 6.01 Å². The van der Waals surface area contributed by atoms with E-state index in [1.165, 1.54) is 7.11 Å². The molecule has 16 heavy (non-hydrogen) atoms. The zero-order valence-corrected chi connectivity index (χ0v) is 9.80. The Morgan fingerprint density at radius 1 is 1.44 bits per heavy atom. The highest BCUT2D eigenvalue weighted by atomic mass is 16.5. The molecule has 0 amide bonds. The summed E-state index contributed by atoms with van der Waals surface area (Å²) < 4.78 is 10.0. The molecular formula is C11H17N3O2. The molecule has 1 aromatic rings. The normalized spacial score (nSPS) is 12.8. The van der Waals surface area contributed by atoms with Crippen LogP contribution < -0.4 is 15.2 Å². The lowest BCUT2D eigenvalue weighted by molar-refractivity contribution is 0.351. The SMILES string of the molecule is COc1ncc(C=CC[C@H](C)N)c(OC)n1. The predicted octanol–water partition coefficient (Wildman–Crippen LogP) is 1.24. The van der Waals surface area contributed by atoms with Crippen LogP contribution in [0, 0.1) is 0 Å².